The van der Waals surface area contributed by atoms with E-state index in [4.69, 9.17) is 4.74 Å². The molecule has 1 aromatic carbocycles. The molecule has 0 bridgehead atoms. The Kier molecular flexibility index (Phi) is 4.84. The highest BCUT2D eigenvalue weighted by Gasteiger charge is 2.32. The van der Waals surface area contributed by atoms with Gasteiger partial charge in [0.25, 0.3) is 0 Å². The molecule has 138 valence electrons. The lowest BCUT2D eigenvalue weighted by molar-refractivity contribution is -0.144. The minimum Gasteiger partial charge on any atom is -0.487 e. The van der Waals surface area contributed by atoms with Crippen molar-refractivity contribution in [1.29, 1.82) is 0 Å². The normalized spacial score (nSPS) is 16.7. The van der Waals surface area contributed by atoms with Crippen molar-refractivity contribution in [2.45, 2.75) is 32.2 Å². The van der Waals surface area contributed by atoms with Crippen molar-refractivity contribution in [3.8, 4) is 5.75 Å². The molecule has 0 aliphatic carbocycles. The van der Waals surface area contributed by atoms with Crippen molar-refractivity contribution >= 4 is 5.97 Å². The Bertz CT molecular complexity index is 908. The van der Waals surface area contributed by atoms with Gasteiger partial charge < -0.3 is 14.8 Å². The van der Waals surface area contributed by atoms with Crippen LogP contribution < -0.4 is 4.74 Å². The van der Waals surface area contributed by atoms with E-state index >= 15 is 0 Å². The molecule has 3 heterocycles. The largest absolute Gasteiger partial charge is 0.487 e. The number of aromatic nitrogens is 3. The fraction of sp³-hybridized carbons (Fsp3) is 0.250. The lowest BCUT2D eigenvalue weighted by Crippen LogP contribution is -2.45. The maximum absolute atomic E-state index is 11.7. The Morgan fingerprint density at radius 1 is 1.22 bits per heavy atom. The van der Waals surface area contributed by atoms with Crippen LogP contribution in [0, 0.1) is 0 Å². The molecule has 0 saturated carbocycles. The van der Waals surface area contributed by atoms with Crippen molar-refractivity contribution < 1.29 is 14.6 Å². The number of nitrogens with one attached hydrogen (secondary N) is 1. The predicted octanol–water partition coefficient (Wildman–Crippen LogP) is 2.40. The van der Waals surface area contributed by atoms with E-state index in [1.54, 1.807) is 12.5 Å². The smallest absolute Gasteiger partial charge is 0.321 e. The third-order valence-corrected chi connectivity index (χ3v) is 4.70. The summed E-state index contributed by atoms with van der Waals surface area (Å²) in [7, 11) is 0. The SMILES string of the molecule is O=C(O)[C@@H]1Cc2nc[nH]c2CN1Cc1ccc(OCc2ccccn2)cc1. The van der Waals surface area contributed by atoms with Gasteiger partial charge in [-0.25, -0.2) is 4.98 Å². The predicted molar refractivity (Wildman–Crippen MR) is 98.0 cm³/mol. The summed E-state index contributed by atoms with van der Waals surface area (Å²) in [4.78, 5) is 25.2. The third-order valence-electron chi connectivity index (χ3n) is 4.70. The van der Waals surface area contributed by atoms with Crippen LogP contribution in [-0.2, 0) is 30.9 Å². The fourth-order valence-electron chi connectivity index (χ4n) is 3.26. The number of H-pyrrole nitrogens is 1. The molecule has 0 unspecified atom stereocenters. The van der Waals surface area contributed by atoms with Gasteiger partial charge in [0, 0.05) is 25.7 Å². The van der Waals surface area contributed by atoms with Gasteiger partial charge in [0.1, 0.15) is 18.4 Å². The third kappa shape index (κ3) is 3.98. The minimum absolute atomic E-state index is 0.413. The molecule has 7 heteroatoms. The van der Waals surface area contributed by atoms with Crippen molar-refractivity contribution in [3.05, 3.63) is 77.6 Å². The first kappa shape index (κ1) is 17.2. The average Bonchev–Trinajstić information content (AvgIpc) is 3.15. The highest BCUT2D eigenvalue weighted by Crippen LogP contribution is 2.23. The Balaban J connectivity index is 1.41. The number of hydrogen-bond acceptors (Lipinski definition) is 5. The fourth-order valence-corrected chi connectivity index (χ4v) is 3.26. The zero-order valence-corrected chi connectivity index (χ0v) is 14.7. The summed E-state index contributed by atoms with van der Waals surface area (Å²) in [5, 5.41) is 9.57. The standard InChI is InChI=1S/C20H20N4O3/c25-20(26)19-9-17-18(23-13-22-17)11-24(19)10-14-4-6-16(7-5-14)27-12-15-3-1-2-8-21-15/h1-8,13,19H,9-12H2,(H,22,23)(H,25,26)/t19-/m0/s1. The molecule has 0 fully saturated rings. The van der Waals surface area contributed by atoms with Crippen LogP contribution in [0.15, 0.2) is 55.0 Å². The highest BCUT2D eigenvalue weighted by molar-refractivity contribution is 5.74. The monoisotopic (exact) mass is 364 g/mol. The van der Waals surface area contributed by atoms with Crippen molar-refractivity contribution in [3.63, 3.8) is 0 Å². The van der Waals surface area contributed by atoms with E-state index in [2.05, 4.69) is 15.0 Å². The van der Waals surface area contributed by atoms with Crippen LogP contribution in [-0.4, -0.2) is 37.0 Å². The molecule has 0 spiro atoms. The summed E-state index contributed by atoms with van der Waals surface area (Å²) >= 11 is 0. The second-order valence-corrected chi connectivity index (χ2v) is 6.54. The molecule has 1 aliphatic rings. The second kappa shape index (κ2) is 7.59. The van der Waals surface area contributed by atoms with Gasteiger partial charge in [0.05, 0.1) is 23.4 Å². The van der Waals surface area contributed by atoms with Gasteiger partial charge in [0.2, 0.25) is 0 Å². The maximum Gasteiger partial charge on any atom is 0.321 e. The number of hydrogen-bond donors (Lipinski definition) is 2. The van der Waals surface area contributed by atoms with Crippen molar-refractivity contribution in [1.82, 2.24) is 19.9 Å². The number of benzene rings is 1. The summed E-state index contributed by atoms with van der Waals surface area (Å²) in [6.07, 6.45) is 3.78. The number of imidazole rings is 1. The van der Waals surface area contributed by atoms with Crippen LogP contribution in [0.3, 0.4) is 0 Å². The molecule has 0 saturated heterocycles. The van der Waals surface area contributed by atoms with Crippen molar-refractivity contribution in [2.75, 3.05) is 0 Å². The van der Waals surface area contributed by atoms with Crippen LogP contribution in [0.4, 0.5) is 0 Å². The molecular weight excluding hydrogens is 344 g/mol. The van der Waals surface area contributed by atoms with Gasteiger partial charge >= 0.3 is 5.97 Å². The Hall–Kier alpha value is -3.19. The van der Waals surface area contributed by atoms with Gasteiger partial charge in [-0.2, -0.15) is 0 Å². The molecule has 0 radical (unpaired) electrons. The number of fused-ring (bicyclic) bond motifs is 1. The summed E-state index contributed by atoms with van der Waals surface area (Å²) in [6, 6.07) is 12.9. The molecule has 7 nitrogen and oxygen atoms in total. The molecule has 27 heavy (non-hydrogen) atoms. The van der Waals surface area contributed by atoms with Crippen LogP contribution in [0.2, 0.25) is 0 Å². The van der Waals surface area contributed by atoms with Gasteiger partial charge in [-0.05, 0) is 29.8 Å². The Morgan fingerprint density at radius 2 is 2.07 bits per heavy atom. The topological polar surface area (TPSA) is 91.3 Å². The van der Waals surface area contributed by atoms with Crippen LogP contribution in [0.25, 0.3) is 0 Å². The first-order valence-corrected chi connectivity index (χ1v) is 8.78. The van der Waals surface area contributed by atoms with Crippen LogP contribution >= 0.6 is 0 Å². The summed E-state index contributed by atoms with van der Waals surface area (Å²) in [5.74, 6) is -0.0624. The zero-order chi connectivity index (χ0) is 18.6. The molecule has 1 aliphatic heterocycles. The first-order chi connectivity index (χ1) is 13.2. The molecule has 3 aromatic rings. The lowest BCUT2D eigenvalue weighted by Gasteiger charge is -2.32. The van der Waals surface area contributed by atoms with E-state index in [9.17, 15) is 9.90 Å². The number of rotatable bonds is 6. The number of ether oxygens (including phenoxy) is 1. The number of nitrogens with zero attached hydrogens (tertiary/aromatic N) is 3. The minimum atomic E-state index is -0.820. The quantitative estimate of drug-likeness (QED) is 0.698. The van der Waals surface area contributed by atoms with Gasteiger partial charge in [-0.3, -0.25) is 14.7 Å². The van der Waals surface area contributed by atoms with Gasteiger partial charge in [-0.15, -0.1) is 0 Å². The Morgan fingerprint density at radius 3 is 2.81 bits per heavy atom. The number of carboxylic acids is 1. The molecular formula is C20H20N4O3. The van der Waals surface area contributed by atoms with Gasteiger partial charge in [0.15, 0.2) is 0 Å². The second-order valence-electron chi connectivity index (χ2n) is 6.54. The average molecular weight is 364 g/mol. The van der Waals surface area contributed by atoms with E-state index in [1.165, 1.54) is 0 Å². The van der Waals surface area contributed by atoms with E-state index in [-0.39, 0.29) is 0 Å². The molecule has 0 amide bonds. The number of pyridine rings is 1. The number of aromatic amines is 1. The number of aliphatic carboxylic acids is 1. The number of carbonyl (C=O) groups is 1. The zero-order valence-electron chi connectivity index (χ0n) is 14.7. The Labute approximate surface area is 156 Å². The lowest BCUT2D eigenvalue weighted by atomic mass is 10.0. The molecule has 1 atom stereocenters. The van der Waals surface area contributed by atoms with Crippen LogP contribution in [0.5, 0.6) is 5.75 Å². The first-order valence-electron chi connectivity index (χ1n) is 8.78. The summed E-state index contributed by atoms with van der Waals surface area (Å²) in [5.41, 5.74) is 3.74. The van der Waals surface area contributed by atoms with E-state index in [0.29, 0.717) is 26.1 Å². The number of carboxylic acid groups (broad SMARTS) is 1. The molecule has 2 aromatic heterocycles. The summed E-state index contributed by atoms with van der Waals surface area (Å²) < 4.78 is 5.75. The van der Waals surface area contributed by atoms with E-state index < -0.39 is 12.0 Å². The molecule has 2 N–H and O–H groups in total. The highest BCUT2D eigenvalue weighted by atomic mass is 16.5. The van der Waals surface area contributed by atoms with Crippen molar-refractivity contribution in [2.24, 2.45) is 0 Å². The maximum atomic E-state index is 11.7. The van der Waals surface area contributed by atoms with Crippen LogP contribution in [0.1, 0.15) is 22.6 Å². The van der Waals surface area contributed by atoms with Gasteiger partial charge in [-0.1, -0.05) is 18.2 Å². The van der Waals surface area contributed by atoms with E-state index in [0.717, 1.165) is 28.4 Å². The molecule has 4 rings (SSSR count). The summed E-state index contributed by atoms with van der Waals surface area (Å²) in [6.45, 7) is 1.51. The van der Waals surface area contributed by atoms with E-state index in [1.807, 2.05) is 47.4 Å².